The second-order valence-corrected chi connectivity index (χ2v) is 6.80. The highest BCUT2D eigenvalue weighted by atomic mass is 16.6. The number of ether oxygens (including phenoxy) is 1. The molecule has 0 bridgehead atoms. The number of nitrogens with one attached hydrogen (secondary N) is 1. The fraction of sp³-hybridized carbons (Fsp3) is 0.471. The third kappa shape index (κ3) is 3.88. The number of para-hydroxylation sites is 2. The van der Waals surface area contributed by atoms with E-state index < -0.39 is 5.60 Å². The summed E-state index contributed by atoms with van der Waals surface area (Å²) in [6, 6.07) is 7.93. The lowest BCUT2D eigenvalue weighted by Crippen LogP contribution is -2.36. The maximum absolute atomic E-state index is 12.1. The summed E-state index contributed by atoms with van der Waals surface area (Å²) in [5.74, 6) is 0.736. The van der Waals surface area contributed by atoms with Crippen molar-refractivity contribution in [1.82, 2.24) is 14.9 Å². The fourth-order valence-corrected chi connectivity index (χ4v) is 2.61. The van der Waals surface area contributed by atoms with Gasteiger partial charge in [-0.2, -0.15) is 0 Å². The van der Waals surface area contributed by atoms with Crippen LogP contribution in [0.2, 0.25) is 0 Å². The summed E-state index contributed by atoms with van der Waals surface area (Å²) in [4.78, 5) is 22.8. The number of anilines is 1. The Hall–Kier alpha value is -2.37. The Labute approximate surface area is 135 Å². The second-order valence-electron chi connectivity index (χ2n) is 6.80. The minimum absolute atomic E-state index is 0.165. The number of nitrogens with zero attached hydrogens (tertiary/aromatic N) is 3. The number of aromatic nitrogens is 2. The number of fused-ring (bicyclic) bond motifs is 1. The Balaban J connectivity index is 1.61. The number of benzene rings is 1. The van der Waals surface area contributed by atoms with E-state index in [1.165, 1.54) is 0 Å². The van der Waals surface area contributed by atoms with E-state index in [0.29, 0.717) is 13.1 Å². The van der Waals surface area contributed by atoms with Crippen molar-refractivity contribution in [2.24, 2.45) is 0 Å². The van der Waals surface area contributed by atoms with Gasteiger partial charge in [-0.3, -0.25) is 4.98 Å². The third-order valence-electron chi connectivity index (χ3n) is 3.64. The molecule has 0 saturated carbocycles. The predicted molar refractivity (Wildman–Crippen MR) is 89.4 cm³/mol. The van der Waals surface area contributed by atoms with Crippen LogP contribution in [0.5, 0.6) is 0 Å². The van der Waals surface area contributed by atoms with E-state index in [0.717, 1.165) is 23.3 Å². The monoisotopic (exact) mass is 314 g/mol. The van der Waals surface area contributed by atoms with Gasteiger partial charge in [0.05, 0.1) is 17.2 Å². The van der Waals surface area contributed by atoms with Crippen LogP contribution in [0.4, 0.5) is 10.6 Å². The zero-order valence-corrected chi connectivity index (χ0v) is 13.7. The van der Waals surface area contributed by atoms with Crippen LogP contribution in [0, 0.1) is 0 Å². The SMILES string of the molecule is CC(C)(C)OC(=O)N1CC[C@H](Nc2cnc3ccccc3n2)C1. The van der Waals surface area contributed by atoms with E-state index in [9.17, 15) is 4.79 Å². The first-order chi connectivity index (χ1) is 10.9. The molecule has 0 unspecified atom stereocenters. The minimum atomic E-state index is -0.466. The van der Waals surface area contributed by atoms with Gasteiger partial charge in [0.25, 0.3) is 0 Å². The van der Waals surface area contributed by atoms with Crippen molar-refractivity contribution in [3.63, 3.8) is 0 Å². The lowest BCUT2D eigenvalue weighted by molar-refractivity contribution is 0.0293. The number of amides is 1. The van der Waals surface area contributed by atoms with Crippen LogP contribution in [-0.4, -0.2) is 45.7 Å². The molecule has 1 aromatic heterocycles. The number of carbonyl (C=O) groups excluding carboxylic acids is 1. The number of hydrogen-bond acceptors (Lipinski definition) is 5. The van der Waals surface area contributed by atoms with E-state index >= 15 is 0 Å². The molecule has 6 heteroatoms. The highest BCUT2D eigenvalue weighted by Gasteiger charge is 2.29. The van der Waals surface area contributed by atoms with Crippen molar-refractivity contribution in [2.75, 3.05) is 18.4 Å². The molecule has 1 aliphatic heterocycles. The molecule has 1 atom stereocenters. The normalized spacial score (nSPS) is 18.2. The Morgan fingerprint density at radius 2 is 2.04 bits per heavy atom. The molecule has 0 aliphatic carbocycles. The first-order valence-electron chi connectivity index (χ1n) is 7.87. The maximum Gasteiger partial charge on any atom is 0.410 e. The van der Waals surface area contributed by atoms with E-state index in [1.54, 1.807) is 11.1 Å². The van der Waals surface area contributed by atoms with E-state index in [2.05, 4.69) is 15.3 Å². The zero-order valence-electron chi connectivity index (χ0n) is 13.7. The topological polar surface area (TPSA) is 67.3 Å². The molecule has 1 aliphatic rings. The minimum Gasteiger partial charge on any atom is -0.444 e. The summed E-state index contributed by atoms with van der Waals surface area (Å²) in [5.41, 5.74) is 1.27. The summed E-state index contributed by atoms with van der Waals surface area (Å²) < 4.78 is 5.41. The average molecular weight is 314 g/mol. The number of rotatable bonds is 2. The first kappa shape index (κ1) is 15.5. The quantitative estimate of drug-likeness (QED) is 0.923. The molecule has 122 valence electrons. The van der Waals surface area contributed by atoms with Crippen LogP contribution < -0.4 is 5.32 Å². The standard InChI is InChI=1S/C17H22N4O2/c1-17(2,3)23-16(22)21-9-8-12(11-21)19-15-10-18-13-6-4-5-7-14(13)20-15/h4-7,10,12H,8-9,11H2,1-3H3,(H,19,20)/t12-/m0/s1. The summed E-state index contributed by atoms with van der Waals surface area (Å²) in [6.07, 6.45) is 2.35. The molecular weight excluding hydrogens is 292 g/mol. The molecule has 1 fully saturated rings. The highest BCUT2D eigenvalue weighted by molar-refractivity contribution is 5.75. The molecule has 1 amide bonds. The maximum atomic E-state index is 12.1. The molecule has 3 rings (SSSR count). The lowest BCUT2D eigenvalue weighted by Gasteiger charge is -2.24. The average Bonchev–Trinajstić information content (AvgIpc) is 2.94. The molecule has 1 saturated heterocycles. The van der Waals surface area contributed by atoms with Crippen molar-refractivity contribution in [3.05, 3.63) is 30.5 Å². The summed E-state index contributed by atoms with van der Waals surface area (Å²) in [7, 11) is 0. The first-order valence-corrected chi connectivity index (χ1v) is 7.87. The summed E-state index contributed by atoms with van der Waals surface area (Å²) in [6.45, 7) is 6.93. The Morgan fingerprint density at radius 3 is 2.78 bits per heavy atom. The van der Waals surface area contributed by atoms with Gasteiger partial charge in [-0.15, -0.1) is 0 Å². The van der Waals surface area contributed by atoms with Crippen LogP contribution in [0.25, 0.3) is 11.0 Å². The van der Waals surface area contributed by atoms with Crippen molar-refractivity contribution in [1.29, 1.82) is 0 Å². The van der Waals surface area contributed by atoms with Crippen LogP contribution in [-0.2, 0) is 4.74 Å². The third-order valence-corrected chi connectivity index (χ3v) is 3.64. The van der Waals surface area contributed by atoms with Crippen molar-refractivity contribution < 1.29 is 9.53 Å². The Bertz CT molecular complexity index is 711. The van der Waals surface area contributed by atoms with Gasteiger partial charge >= 0.3 is 6.09 Å². The molecular formula is C17H22N4O2. The Kier molecular flexibility index (Phi) is 4.07. The van der Waals surface area contributed by atoms with E-state index in [1.807, 2.05) is 45.0 Å². The number of hydrogen-bond donors (Lipinski definition) is 1. The zero-order chi connectivity index (χ0) is 16.4. The summed E-state index contributed by atoms with van der Waals surface area (Å²) in [5, 5.41) is 3.36. The molecule has 2 aromatic rings. The van der Waals surface area contributed by atoms with Crippen LogP contribution in [0.1, 0.15) is 27.2 Å². The lowest BCUT2D eigenvalue weighted by atomic mass is 10.2. The predicted octanol–water partition coefficient (Wildman–Crippen LogP) is 3.05. The van der Waals surface area contributed by atoms with Gasteiger partial charge in [-0.25, -0.2) is 9.78 Å². The van der Waals surface area contributed by atoms with Gasteiger partial charge < -0.3 is 15.0 Å². The van der Waals surface area contributed by atoms with Crippen molar-refractivity contribution in [2.45, 2.75) is 38.8 Å². The molecule has 1 N–H and O–H groups in total. The largest absolute Gasteiger partial charge is 0.444 e. The molecule has 6 nitrogen and oxygen atoms in total. The molecule has 0 spiro atoms. The van der Waals surface area contributed by atoms with E-state index in [4.69, 9.17) is 4.74 Å². The van der Waals surface area contributed by atoms with Gasteiger partial charge in [0.2, 0.25) is 0 Å². The van der Waals surface area contributed by atoms with Crippen LogP contribution in [0.3, 0.4) is 0 Å². The van der Waals surface area contributed by atoms with Gasteiger partial charge in [0.1, 0.15) is 11.4 Å². The molecule has 23 heavy (non-hydrogen) atoms. The fourth-order valence-electron chi connectivity index (χ4n) is 2.61. The van der Waals surface area contributed by atoms with E-state index in [-0.39, 0.29) is 12.1 Å². The van der Waals surface area contributed by atoms with Gasteiger partial charge in [0, 0.05) is 19.1 Å². The highest BCUT2D eigenvalue weighted by Crippen LogP contribution is 2.19. The Morgan fingerprint density at radius 1 is 1.30 bits per heavy atom. The van der Waals surface area contributed by atoms with Gasteiger partial charge in [-0.05, 0) is 39.3 Å². The van der Waals surface area contributed by atoms with Crippen molar-refractivity contribution >= 4 is 22.9 Å². The van der Waals surface area contributed by atoms with Gasteiger partial charge in [-0.1, -0.05) is 12.1 Å². The molecule has 0 radical (unpaired) electrons. The van der Waals surface area contributed by atoms with Crippen LogP contribution >= 0.6 is 0 Å². The van der Waals surface area contributed by atoms with Gasteiger partial charge in [0.15, 0.2) is 0 Å². The number of likely N-dealkylation sites (tertiary alicyclic amines) is 1. The summed E-state index contributed by atoms with van der Waals surface area (Å²) >= 11 is 0. The molecule has 1 aromatic carbocycles. The molecule has 2 heterocycles. The smallest absolute Gasteiger partial charge is 0.410 e. The van der Waals surface area contributed by atoms with Crippen molar-refractivity contribution in [3.8, 4) is 0 Å². The van der Waals surface area contributed by atoms with Crippen LogP contribution in [0.15, 0.2) is 30.5 Å². The number of carbonyl (C=O) groups is 1. The second kappa shape index (κ2) is 6.02.